The number of benzene rings is 1. The summed E-state index contributed by atoms with van der Waals surface area (Å²) in [5, 5.41) is 0. The van der Waals surface area contributed by atoms with Crippen molar-refractivity contribution in [2.24, 2.45) is 5.73 Å². The van der Waals surface area contributed by atoms with E-state index in [-0.39, 0.29) is 5.97 Å². The number of nitrogens with two attached hydrogens (primary N) is 1. The molecule has 0 radical (unpaired) electrons. The highest BCUT2D eigenvalue weighted by atomic mass is 16.5. The molecule has 0 saturated carbocycles. The maximum atomic E-state index is 11.2. The van der Waals surface area contributed by atoms with Crippen molar-refractivity contribution in [1.29, 1.82) is 0 Å². The normalized spacial score (nSPS) is 10.6. The van der Waals surface area contributed by atoms with E-state index in [0.29, 0.717) is 19.6 Å². The Morgan fingerprint density at radius 3 is 2.69 bits per heavy atom. The van der Waals surface area contributed by atoms with Gasteiger partial charge < -0.3 is 10.5 Å². The monoisotopic (exact) mass is 219 g/mol. The van der Waals surface area contributed by atoms with Crippen molar-refractivity contribution in [2.45, 2.75) is 13.3 Å². The average Bonchev–Trinajstić information content (AvgIpc) is 2.29. The Morgan fingerprint density at radius 2 is 2.06 bits per heavy atom. The Kier molecular flexibility index (Phi) is 5.29. The Hall–Kier alpha value is -1.61. The first kappa shape index (κ1) is 12.5. The van der Waals surface area contributed by atoms with Crippen LogP contribution in [0.2, 0.25) is 0 Å². The quantitative estimate of drug-likeness (QED) is 0.467. The summed E-state index contributed by atoms with van der Waals surface area (Å²) in [7, 11) is 0. The fraction of sp³-hybridized carbons (Fsp3) is 0.308. The lowest BCUT2D eigenvalue weighted by atomic mass is 10.1. The molecule has 3 heteroatoms. The molecule has 0 aliphatic heterocycles. The second kappa shape index (κ2) is 6.80. The van der Waals surface area contributed by atoms with Gasteiger partial charge in [-0.2, -0.15) is 0 Å². The summed E-state index contributed by atoms with van der Waals surface area (Å²) in [6, 6.07) is 7.91. The molecule has 0 aliphatic rings. The van der Waals surface area contributed by atoms with Gasteiger partial charge in [0.2, 0.25) is 0 Å². The van der Waals surface area contributed by atoms with Crippen molar-refractivity contribution >= 4 is 12.0 Å². The first-order valence-corrected chi connectivity index (χ1v) is 5.34. The van der Waals surface area contributed by atoms with E-state index >= 15 is 0 Å². The van der Waals surface area contributed by atoms with E-state index in [1.54, 1.807) is 6.08 Å². The summed E-state index contributed by atoms with van der Waals surface area (Å²) < 4.78 is 4.92. The number of esters is 1. The van der Waals surface area contributed by atoms with Gasteiger partial charge in [-0.3, -0.25) is 0 Å². The molecule has 0 bridgehead atoms. The van der Waals surface area contributed by atoms with Crippen LogP contribution < -0.4 is 5.73 Å². The van der Waals surface area contributed by atoms with Gasteiger partial charge in [0.1, 0.15) is 0 Å². The van der Waals surface area contributed by atoms with E-state index in [0.717, 1.165) is 5.56 Å². The van der Waals surface area contributed by atoms with Crippen LogP contribution in [0.15, 0.2) is 30.3 Å². The number of carbonyl (C=O) groups excluding carboxylic acids is 1. The SMILES string of the molecule is Cc1ccc(/C=C/C(=O)OCCCN)cc1. The summed E-state index contributed by atoms with van der Waals surface area (Å²) in [6.45, 7) is 2.94. The summed E-state index contributed by atoms with van der Waals surface area (Å²) in [4.78, 5) is 11.2. The van der Waals surface area contributed by atoms with Gasteiger partial charge in [0.05, 0.1) is 6.61 Å². The third-order valence-electron chi connectivity index (χ3n) is 2.08. The van der Waals surface area contributed by atoms with Gasteiger partial charge in [-0.15, -0.1) is 0 Å². The molecule has 16 heavy (non-hydrogen) atoms. The number of hydrogen-bond donors (Lipinski definition) is 1. The van der Waals surface area contributed by atoms with Crippen LogP contribution >= 0.6 is 0 Å². The van der Waals surface area contributed by atoms with Crippen LogP contribution in [0.4, 0.5) is 0 Å². The van der Waals surface area contributed by atoms with E-state index in [1.807, 2.05) is 31.2 Å². The van der Waals surface area contributed by atoms with E-state index in [4.69, 9.17) is 10.5 Å². The van der Waals surface area contributed by atoms with Crippen LogP contribution in [0.1, 0.15) is 17.5 Å². The number of aryl methyl sites for hydroxylation is 1. The van der Waals surface area contributed by atoms with Crippen LogP contribution in [0, 0.1) is 6.92 Å². The Labute approximate surface area is 95.9 Å². The standard InChI is InChI=1S/C13H17NO2/c1-11-3-5-12(6-4-11)7-8-13(15)16-10-2-9-14/h3-8H,2,9-10,14H2,1H3/b8-7+. The lowest BCUT2D eigenvalue weighted by Gasteiger charge is -1.99. The Balaban J connectivity index is 2.41. The fourth-order valence-corrected chi connectivity index (χ4v) is 1.15. The maximum absolute atomic E-state index is 11.2. The largest absolute Gasteiger partial charge is 0.462 e. The zero-order valence-corrected chi connectivity index (χ0v) is 9.48. The molecule has 0 aromatic heterocycles. The van der Waals surface area contributed by atoms with Gasteiger partial charge in [-0.1, -0.05) is 29.8 Å². The summed E-state index contributed by atoms with van der Waals surface area (Å²) in [5.41, 5.74) is 7.47. The summed E-state index contributed by atoms with van der Waals surface area (Å²) in [6.07, 6.45) is 3.87. The molecular formula is C13H17NO2. The van der Waals surface area contributed by atoms with Gasteiger partial charge in [-0.05, 0) is 31.5 Å². The zero-order chi connectivity index (χ0) is 11.8. The first-order chi connectivity index (χ1) is 7.72. The zero-order valence-electron chi connectivity index (χ0n) is 9.48. The lowest BCUT2D eigenvalue weighted by Crippen LogP contribution is -2.07. The Bertz CT molecular complexity index is 355. The van der Waals surface area contributed by atoms with Crippen molar-refractivity contribution in [3.05, 3.63) is 41.5 Å². The van der Waals surface area contributed by atoms with Crippen molar-refractivity contribution in [3.8, 4) is 0 Å². The minimum atomic E-state index is -0.325. The first-order valence-electron chi connectivity index (χ1n) is 5.34. The molecule has 1 rings (SSSR count). The third kappa shape index (κ3) is 4.75. The van der Waals surface area contributed by atoms with E-state index in [2.05, 4.69) is 0 Å². The number of ether oxygens (including phenoxy) is 1. The third-order valence-corrected chi connectivity index (χ3v) is 2.08. The van der Waals surface area contributed by atoms with Crippen molar-refractivity contribution < 1.29 is 9.53 Å². The predicted molar refractivity (Wildman–Crippen MR) is 64.8 cm³/mol. The molecular weight excluding hydrogens is 202 g/mol. The topological polar surface area (TPSA) is 52.3 Å². The highest BCUT2D eigenvalue weighted by molar-refractivity contribution is 5.87. The number of carbonyl (C=O) groups is 1. The molecule has 0 fully saturated rings. The smallest absolute Gasteiger partial charge is 0.330 e. The summed E-state index contributed by atoms with van der Waals surface area (Å²) in [5.74, 6) is -0.325. The molecule has 0 aliphatic carbocycles. The predicted octanol–water partition coefficient (Wildman–Crippen LogP) is 1.90. The molecule has 0 atom stereocenters. The van der Waals surface area contributed by atoms with E-state index in [1.165, 1.54) is 11.6 Å². The van der Waals surface area contributed by atoms with Crippen molar-refractivity contribution in [3.63, 3.8) is 0 Å². The van der Waals surface area contributed by atoms with Gasteiger partial charge in [-0.25, -0.2) is 4.79 Å². The van der Waals surface area contributed by atoms with Crippen LogP contribution in [-0.2, 0) is 9.53 Å². The minimum Gasteiger partial charge on any atom is -0.462 e. The molecule has 1 aromatic rings. The molecule has 0 saturated heterocycles. The van der Waals surface area contributed by atoms with Crippen molar-refractivity contribution in [1.82, 2.24) is 0 Å². The average molecular weight is 219 g/mol. The van der Waals surface area contributed by atoms with Crippen LogP contribution in [0.5, 0.6) is 0 Å². The second-order valence-electron chi connectivity index (χ2n) is 3.55. The summed E-state index contributed by atoms with van der Waals surface area (Å²) >= 11 is 0. The van der Waals surface area contributed by atoms with Gasteiger partial charge >= 0.3 is 5.97 Å². The molecule has 1 aromatic carbocycles. The molecule has 3 nitrogen and oxygen atoms in total. The Morgan fingerprint density at radius 1 is 1.38 bits per heavy atom. The molecule has 0 spiro atoms. The van der Waals surface area contributed by atoms with Crippen molar-refractivity contribution in [2.75, 3.05) is 13.2 Å². The van der Waals surface area contributed by atoms with Gasteiger partial charge in [0.25, 0.3) is 0 Å². The second-order valence-corrected chi connectivity index (χ2v) is 3.55. The molecule has 2 N–H and O–H groups in total. The molecule has 0 unspecified atom stereocenters. The maximum Gasteiger partial charge on any atom is 0.330 e. The van der Waals surface area contributed by atoms with Crippen LogP contribution in [0.25, 0.3) is 6.08 Å². The van der Waals surface area contributed by atoms with Gasteiger partial charge in [0.15, 0.2) is 0 Å². The van der Waals surface area contributed by atoms with Crippen LogP contribution in [0.3, 0.4) is 0 Å². The molecule has 0 heterocycles. The number of rotatable bonds is 5. The highest BCUT2D eigenvalue weighted by Gasteiger charge is 1.95. The van der Waals surface area contributed by atoms with E-state index in [9.17, 15) is 4.79 Å². The molecule has 86 valence electrons. The molecule has 0 amide bonds. The highest BCUT2D eigenvalue weighted by Crippen LogP contribution is 2.04. The fourth-order valence-electron chi connectivity index (χ4n) is 1.15. The minimum absolute atomic E-state index is 0.325. The van der Waals surface area contributed by atoms with Crippen LogP contribution in [-0.4, -0.2) is 19.1 Å². The lowest BCUT2D eigenvalue weighted by molar-refractivity contribution is -0.137. The number of hydrogen-bond acceptors (Lipinski definition) is 3. The van der Waals surface area contributed by atoms with E-state index < -0.39 is 0 Å². The van der Waals surface area contributed by atoms with Gasteiger partial charge in [0, 0.05) is 6.08 Å².